The Hall–Kier alpha value is -2.93. The standard InChI is InChI=1S/C30H37NO4Si/c1-30(2,3)36(25-16-9-5-10-17-25,26-18-11-6-12-19-26)34-21-13-20-27-28(35-27)23-33-29(32)31-22-24-14-7-4-8-15-24/h4-12,14-19,27-28H,13,20-23H2,1-3H3,(H,31,32)/t27-,28+/m1/s1. The van der Waals surface area contributed by atoms with Gasteiger partial charge in [0, 0.05) is 13.2 Å². The van der Waals surface area contributed by atoms with Crippen LogP contribution >= 0.6 is 0 Å². The van der Waals surface area contributed by atoms with Gasteiger partial charge in [0.05, 0.1) is 6.10 Å². The van der Waals surface area contributed by atoms with Gasteiger partial charge in [0.2, 0.25) is 0 Å². The van der Waals surface area contributed by atoms with Crippen LogP contribution in [0, 0.1) is 0 Å². The summed E-state index contributed by atoms with van der Waals surface area (Å²) in [7, 11) is -2.50. The molecule has 1 heterocycles. The van der Waals surface area contributed by atoms with Crippen molar-refractivity contribution in [1.29, 1.82) is 0 Å². The van der Waals surface area contributed by atoms with Crippen molar-refractivity contribution in [2.75, 3.05) is 13.2 Å². The van der Waals surface area contributed by atoms with Gasteiger partial charge < -0.3 is 19.2 Å². The van der Waals surface area contributed by atoms with E-state index in [1.54, 1.807) is 0 Å². The van der Waals surface area contributed by atoms with E-state index in [9.17, 15) is 4.79 Å². The third kappa shape index (κ3) is 6.43. The zero-order valence-electron chi connectivity index (χ0n) is 21.5. The first-order valence-electron chi connectivity index (χ1n) is 12.8. The van der Waals surface area contributed by atoms with Crippen LogP contribution in [0.15, 0.2) is 91.0 Å². The molecule has 36 heavy (non-hydrogen) atoms. The third-order valence-electron chi connectivity index (χ3n) is 6.71. The SMILES string of the molecule is CC(C)(C)[Si](OCCC[C@H]1O[C@H]1COC(=O)NCc1ccccc1)(c1ccccc1)c1ccccc1. The first kappa shape index (κ1) is 26.1. The number of benzene rings is 3. The summed E-state index contributed by atoms with van der Waals surface area (Å²) >= 11 is 0. The minimum Gasteiger partial charge on any atom is -0.447 e. The number of carbonyl (C=O) groups excluding carboxylic acids is 1. The number of hydrogen-bond donors (Lipinski definition) is 1. The van der Waals surface area contributed by atoms with E-state index in [0.717, 1.165) is 18.4 Å². The van der Waals surface area contributed by atoms with Gasteiger partial charge >= 0.3 is 6.09 Å². The Morgan fingerprint density at radius 2 is 1.42 bits per heavy atom. The number of carbonyl (C=O) groups is 1. The summed E-state index contributed by atoms with van der Waals surface area (Å²) in [6, 6.07) is 31.2. The van der Waals surface area contributed by atoms with E-state index >= 15 is 0 Å². The molecule has 3 aromatic rings. The molecular formula is C30H37NO4Si. The van der Waals surface area contributed by atoms with E-state index in [1.807, 2.05) is 30.3 Å². The van der Waals surface area contributed by atoms with Crippen molar-refractivity contribution in [3.05, 3.63) is 96.6 Å². The molecule has 5 nitrogen and oxygen atoms in total. The first-order valence-corrected chi connectivity index (χ1v) is 14.7. The second-order valence-electron chi connectivity index (χ2n) is 10.3. The number of rotatable bonds is 11. The van der Waals surface area contributed by atoms with E-state index < -0.39 is 14.4 Å². The molecule has 1 saturated heterocycles. The van der Waals surface area contributed by atoms with Crippen LogP contribution in [0.2, 0.25) is 5.04 Å². The number of epoxide rings is 1. The van der Waals surface area contributed by atoms with Gasteiger partial charge in [-0.3, -0.25) is 0 Å². The fraction of sp³-hybridized carbons (Fsp3) is 0.367. The lowest BCUT2D eigenvalue weighted by Gasteiger charge is -2.43. The first-order chi connectivity index (χ1) is 17.4. The fourth-order valence-corrected chi connectivity index (χ4v) is 9.44. The highest BCUT2D eigenvalue weighted by atomic mass is 28.4. The Bertz CT molecular complexity index is 1050. The van der Waals surface area contributed by atoms with E-state index in [0.29, 0.717) is 13.2 Å². The summed E-state index contributed by atoms with van der Waals surface area (Å²) in [6.07, 6.45) is 1.46. The van der Waals surface area contributed by atoms with Crippen LogP contribution in [0.4, 0.5) is 4.79 Å². The van der Waals surface area contributed by atoms with Crippen LogP contribution in [-0.4, -0.2) is 39.8 Å². The summed E-state index contributed by atoms with van der Waals surface area (Å²) in [4.78, 5) is 12.0. The minimum atomic E-state index is -2.50. The van der Waals surface area contributed by atoms with Crippen LogP contribution in [0.3, 0.4) is 0 Å². The fourth-order valence-electron chi connectivity index (χ4n) is 4.83. The summed E-state index contributed by atoms with van der Waals surface area (Å²) in [5, 5.41) is 5.33. The molecule has 4 rings (SSSR count). The van der Waals surface area contributed by atoms with Crippen LogP contribution < -0.4 is 15.7 Å². The van der Waals surface area contributed by atoms with Crippen molar-refractivity contribution in [2.24, 2.45) is 0 Å². The van der Waals surface area contributed by atoms with Gasteiger partial charge in [-0.1, -0.05) is 112 Å². The highest BCUT2D eigenvalue weighted by Crippen LogP contribution is 2.37. The zero-order chi connectivity index (χ0) is 25.4. The molecule has 1 aliphatic heterocycles. The maximum atomic E-state index is 12.0. The summed E-state index contributed by atoms with van der Waals surface area (Å²) in [6.45, 7) is 8.27. The van der Waals surface area contributed by atoms with Gasteiger partial charge in [-0.2, -0.15) is 0 Å². The van der Waals surface area contributed by atoms with Gasteiger partial charge in [-0.05, 0) is 33.8 Å². The molecule has 0 aliphatic carbocycles. The van der Waals surface area contributed by atoms with E-state index in [2.05, 4.69) is 86.8 Å². The second-order valence-corrected chi connectivity index (χ2v) is 14.6. The van der Waals surface area contributed by atoms with Crippen molar-refractivity contribution in [2.45, 2.75) is 57.4 Å². The van der Waals surface area contributed by atoms with Gasteiger partial charge in [-0.15, -0.1) is 0 Å². The number of alkyl carbamates (subject to hydrolysis) is 1. The summed E-state index contributed by atoms with van der Waals surface area (Å²) < 4.78 is 18.0. The lowest BCUT2D eigenvalue weighted by atomic mass is 10.2. The summed E-state index contributed by atoms with van der Waals surface area (Å²) in [5.74, 6) is 0. The van der Waals surface area contributed by atoms with Crippen LogP contribution in [0.1, 0.15) is 39.2 Å². The van der Waals surface area contributed by atoms with Crippen molar-refractivity contribution in [1.82, 2.24) is 5.32 Å². The third-order valence-corrected chi connectivity index (χ3v) is 11.8. The highest BCUT2D eigenvalue weighted by Gasteiger charge is 2.50. The quantitative estimate of drug-likeness (QED) is 0.226. The second kappa shape index (κ2) is 11.9. The molecule has 190 valence electrons. The van der Waals surface area contributed by atoms with E-state index in [-0.39, 0.29) is 23.9 Å². The molecule has 1 amide bonds. The molecule has 2 atom stereocenters. The average Bonchev–Trinajstić information content (AvgIpc) is 3.65. The predicted octanol–water partition coefficient (Wildman–Crippen LogP) is 5.04. The smallest absolute Gasteiger partial charge is 0.407 e. The molecule has 3 aromatic carbocycles. The Balaban J connectivity index is 1.27. The van der Waals surface area contributed by atoms with Crippen LogP contribution in [-0.2, 0) is 20.4 Å². The Labute approximate surface area is 215 Å². The largest absolute Gasteiger partial charge is 0.447 e. The van der Waals surface area contributed by atoms with E-state index in [1.165, 1.54) is 10.4 Å². The van der Waals surface area contributed by atoms with Gasteiger partial charge in [0.15, 0.2) is 0 Å². The van der Waals surface area contributed by atoms with Crippen molar-refractivity contribution in [3.63, 3.8) is 0 Å². The van der Waals surface area contributed by atoms with Gasteiger partial charge in [0.1, 0.15) is 12.7 Å². The van der Waals surface area contributed by atoms with Gasteiger partial charge in [0.25, 0.3) is 8.32 Å². The Kier molecular flexibility index (Phi) is 8.62. The molecule has 1 fully saturated rings. The molecule has 0 aromatic heterocycles. The monoisotopic (exact) mass is 503 g/mol. The Morgan fingerprint density at radius 1 is 0.861 bits per heavy atom. The molecule has 1 aliphatic rings. The zero-order valence-corrected chi connectivity index (χ0v) is 22.5. The van der Waals surface area contributed by atoms with Crippen LogP contribution in [0.25, 0.3) is 0 Å². The molecule has 1 N–H and O–H groups in total. The van der Waals surface area contributed by atoms with Gasteiger partial charge in [-0.25, -0.2) is 4.79 Å². The normalized spacial score (nSPS) is 17.4. The number of amides is 1. The Morgan fingerprint density at radius 3 is 1.97 bits per heavy atom. The highest BCUT2D eigenvalue weighted by molar-refractivity contribution is 6.99. The number of hydrogen-bond acceptors (Lipinski definition) is 4. The molecule has 6 heteroatoms. The lowest BCUT2D eigenvalue weighted by Crippen LogP contribution is -2.66. The number of nitrogens with one attached hydrogen (secondary N) is 1. The minimum absolute atomic E-state index is 0.0275. The van der Waals surface area contributed by atoms with Crippen molar-refractivity contribution < 1.29 is 18.7 Å². The van der Waals surface area contributed by atoms with E-state index in [4.69, 9.17) is 13.9 Å². The van der Waals surface area contributed by atoms with Crippen molar-refractivity contribution in [3.8, 4) is 0 Å². The average molecular weight is 504 g/mol. The van der Waals surface area contributed by atoms with Crippen molar-refractivity contribution >= 4 is 24.8 Å². The molecule has 0 bridgehead atoms. The molecule has 0 saturated carbocycles. The summed E-state index contributed by atoms with van der Waals surface area (Å²) in [5.41, 5.74) is 1.04. The molecule has 0 unspecified atom stereocenters. The molecule has 0 radical (unpaired) electrons. The number of ether oxygens (including phenoxy) is 2. The maximum absolute atomic E-state index is 12.0. The van der Waals surface area contributed by atoms with Crippen LogP contribution in [0.5, 0.6) is 0 Å². The lowest BCUT2D eigenvalue weighted by molar-refractivity contribution is 0.135. The molecular weight excluding hydrogens is 466 g/mol. The molecule has 0 spiro atoms. The predicted molar refractivity (Wildman–Crippen MR) is 146 cm³/mol. The topological polar surface area (TPSA) is 60.1 Å². The maximum Gasteiger partial charge on any atom is 0.407 e.